The van der Waals surface area contributed by atoms with Gasteiger partial charge in [-0.3, -0.25) is 9.10 Å². The standard InChI is InChI=1S/C23H24N2O3S/c1-17-12-13-19(14-18(17)2)15-23(26)24-20-8-7-11-22(16-20)29(27,28)25(3)21-9-5-4-6-10-21/h4-14,16H,15H2,1-3H3,(H,24,26). The van der Waals surface area contributed by atoms with Crippen LogP contribution in [0.5, 0.6) is 0 Å². The number of para-hydroxylation sites is 1. The van der Waals surface area contributed by atoms with E-state index < -0.39 is 10.0 Å². The van der Waals surface area contributed by atoms with Gasteiger partial charge in [0.1, 0.15) is 0 Å². The summed E-state index contributed by atoms with van der Waals surface area (Å²) < 4.78 is 27.1. The molecule has 0 radical (unpaired) electrons. The van der Waals surface area contributed by atoms with Gasteiger partial charge in [-0.1, -0.05) is 42.5 Å². The van der Waals surface area contributed by atoms with E-state index in [0.29, 0.717) is 11.4 Å². The number of nitrogens with one attached hydrogen (secondary N) is 1. The van der Waals surface area contributed by atoms with Crippen molar-refractivity contribution in [3.05, 3.63) is 89.5 Å². The molecule has 3 rings (SSSR count). The molecule has 5 nitrogen and oxygen atoms in total. The molecule has 29 heavy (non-hydrogen) atoms. The fraction of sp³-hybridized carbons (Fsp3) is 0.174. The molecule has 0 spiro atoms. The highest BCUT2D eigenvalue weighted by Gasteiger charge is 2.21. The highest BCUT2D eigenvalue weighted by molar-refractivity contribution is 7.92. The summed E-state index contributed by atoms with van der Waals surface area (Å²) in [5.74, 6) is -0.195. The first-order valence-electron chi connectivity index (χ1n) is 9.27. The molecule has 0 fully saturated rings. The van der Waals surface area contributed by atoms with Gasteiger partial charge in [0, 0.05) is 12.7 Å². The highest BCUT2D eigenvalue weighted by atomic mass is 32.2. The minimum absolute atomic E-state index is 0.118. The van der Waals surface area contributed by atoms with Gasteiger partial charge >= 0.3 is 0 Å². The largest absolute Gasteiger partial charge is 0.326 e. The van der Waals surface area contributed by atoms with E-state index in [0.717, 1.165) is 11.1 Å². The summed E-state index contributed by atoms with van der Waals surface area (Å²) in [4.78, 5) is 12.5. The number of anilines is 2. The molecule has 0 saturated heterocycles. The first kappa shape index (κ1) is 20.6. The molecular formula is C23H24N2O3S. The van der Waals surface area contributed by atoms with Crippen molar-refractivity contribution < 1.29 is 13.2 Å². The van der Waals surface area contributed by atoms with Gasteiger partial charge in [-0.15, -0.1) is 0 Å². The Morgan fingerprint density at radius 3 is 2.31 bits per heavy atom. The van der Waals surface area contributed by atoms with Crippen molar-refractivity contribution in [3.63, 3.8) is 0 Å². The predicted octanol–water partition coefficient (Wildman–Crippen LogP) is 4.31. The van der Waals surface area contributed by atoms with Crippen molar-refractivity contribution in [2.24, 2.45) is 0 Å². The maximum atomic E-state index is 12.9. The molecular weight excluding hydrogens is 384 g/mol. The third-order valence-corrected chi connectivity index (χ3v) is 6.61. The number of benzene rings is 3. The summed E-state index contributed by atoms with van der Waals surface area (Å²) in [5.41, 5.74) is 4.23. The van der Waals surface area contributed by atoms with Crippen LogP contribution in [0.1, 0.15) is 16.7 Å². The first-order valence-corrected chi connectivity index (χ1v) is 10.7. The van der Waals surface area contributed by atoms with Crippen LogP contribution in [0.3, 0.4) is 0 Å². The van der Waals surface area contributed by atoms with Crippen molar-refractivity contribution in [1.29, 1.82) is 0 Å². The number of hydrogen-bond acceptors (Lipinski definition) is 3. The van der Waals surface area contributed by atoms with E-state index >= 15 is 0 Å². The number of carbonyl (C=O) groups is 1. The second kappa shape index (κ2) is 8.49. The van der Waals surface area contributed by atoms with Crippen molar-refractivity contribution in [2.75, 3.05) is 16.7 Å². The van der Waals surface area contributed by atoms with Gasteiger partial charge in [-0.05, 0) is 60.9 Å². The number of aryl methyl sites for hydroxylation is 2. The summed E-state index contributed by atoms with van der Waals surface area (Å²) in [6.07, 6.45) is 0.224. The molecule has 0 heterocycles. The smallest absolute Gasteiger partial charge is 0.264 e. The van der Waals surface area contributed by atoms with Crippen molar-refractivity contribution in [3.8, 4) is 0 Å². The molecule has 3 aromatic carbocycles. The zero-order valence-corrected chi connectivity index (χ0v) is 17.5. The third kappa shape index (κ3) is 4.84. The second-order valence-corrected chi connectivity index (χ2v) is 8.95. The fourth-order valence-corrected chi connectivity index (χ4v) is 4.22. The van der Waals surface area contributed by atoms with Gasteiger partial charge in [-0.25, -0.2) is 8.42 Å². The van der Waals surface area contributed by atoms with Gasteiger partial charge in [0.25, 0.3) is 10.0 Å². The van der Waals surface area contributed by atoms with Crippen LogP contribution < -0.4 is 9.62 Å². The zero-order valence-electron chi connectivity index (χ0n) is 16.7. The van der Waals surface area contributed by atoms with Crippen LogP contribution in [0.4, 0.5) is 11.4 Å². The lowest BCUT2D eigenvalue weighted by molar-refractivity contribution is -0.115. The van der Waals surface area contributed by atoms with E-state index in [9.17, 15) is 13.2 Å². The van der Waals surface area contributed by atoms with E-state index in [2.05, 4.69) is 5.32 Å². The average molecular weight is 409 g/mol. The maximum absolute atomic E-state index is 12.9. The molecule has 0 atom stereocenters. The van der Waals surface area contributed by atoms with Gasteiger partial charge in [0.05, 0.1) is 17.0 Å². The second-order valence-electron chi connectivity index (χ2n) is 6.98. The minimum atomic E-state index is -3.74. The normalized spacial score (nSPS) is 11.1. The Morgan fingerprint density at radius 1 is 0.897 bits per heavy atom. The number of amides is 1. The van der Waals surface area contributed by atoms with Gasteiger partial charge in [0.15, 0.2) is 0 Å². The van der Waals surface area contributed by atoms with Crippen LogP contribution >= 0.6 is 0 Å². The van der Waals surface area contributed by atoms with E-state index in [4.69, 9.17) is 0 Å². The summed E-state index contributed by atoms with van der Waals surface area (Å²) in [5, 5.41) is 2.79. The molecule has 150 valence electrons. The zero-order chi connectivity index (χ0) is 21.0. The molecule has 0 aliphatic carbocycles. The third-order valence-electron chi connectivity index (χ3n) is 4.83. The quantitative estimate of drug-likeness (QED) is 0.661. The van der Waals surface area contributed by atoms with Crippen molar-refractivity contribution in [2.45, 2.75) is 25.2 Å². The van der Waals surface area contributed by atoms with Crippen molar-refractivity contribution in [1.82, 2.24) is 0 Å². The Balaban J connectivity index is 1.76. The van der Waals surface area contributed by atoms with Crippen molar-refractivity contribution >= 4 is 27.3 Å². The van der Waals surface area contributed by atoms with E-state index in [-0.39, 0.29) is 17.2 Å². The van der Waals surface area contributed by atoms with Gasteiger partial charge in [-0.2, -0.15) is 0 Å². The molecule has 0 saturated carbocycles. The number of nitrogens with zero attached hydrogens (tertiary/aromatic N) is 1. The lowest BCUT2D eigenvalue weighted by Gasteiger charge is -2.20. The topological polar surface area (TPSA) is 66.5 Å². The predicted molar refractivity (Wildman–Crippen MR) is 117 cm³/mol. The van der Waals surface area contributed by atoms with Gasteiger partial charge in [0.2, 0.25) is 5.91 Å². The first-order chi connectivity index (χ1) is 13.8. The number of carbonyl (C=O) groups excluding carboxylic acids is 1. The molecule has 6 heteroatoms. The average Bonchev–Trinajstić information content (AvgIpc) is 2.71. The lowest BCUT2D eigenvalue weighted by Crippen LogP contribution is -2.26. The molecule has 0 aliphatic heterocycles. The fourth-order valence-electron chi connectivity index (χ4n) is 2.97. The highest BCUT2D eigenvalue weighted by Crippen LogP contribution is 2.23. The summed E-state index contributed by atoms with van der Waals surface area (Å²) in [7, 11) is -2.23. The summed E-state index contributed by atoms with van der Waals surface area (Å²) in [6.45, 7) is 4.03. The molecule has 0 aromatic heterocycles. The Hall–Kier alpha value is -3.12. The van der Waals surface area contributed by atoms with E-state index in [1.807, 2.05) is 38.1 Å². The molecule has 1 N–H and O–H groups in total. The number of rotatable bonds is 6. The van der Waals surface area contributed by atoms with E-state index in [1.165, 1.54) is 29.0 Å². The number of sulfonamides is 1. The Morgan fingerprint density at radius 2 is 1.62 bits per heavy atom. The monoisotopic (exact) mass is 408 g/mol. The summed E-state index contributed by atoms with van der Waals surface area (Å²) in [6, 6.07) is 21.1. The minimum Gasteiger partial charge on any atom is -0.326 e. The van der Waals surface area contributed by atoms with Crippen LogP contribution in [-0.4, -0.2) is 21.4 Å². The van der Waals surface area contributed by atoms with Gasteiger partial charge < -0.3 is 5.32 Å². The van der Waals surface area contributed by atoms with Crippen LogP contribution in [-0.2, 0) is 21.2 Å². The van der Waals surface area contributed by atoms with E-state index in [1.54, 1.807) is 36.4 Å². The van der Waals surface area contributed by atoms with Crippen LogP contribution in [0, 0.1) is 13.8 Å². The van der Waals surface area contributed by atoms with Crippen LogP contribution in [0.25, 0.3) is 0 Å². The Kier molecular flexibility index (Phi) is 6.03. The SMILES string of the molecule is Cc1ccc(CC(=O)Nc2cccc(S(=O)(=O)N(C)c3ccccc3)c2)cc1C. The van der Waals surface area contributed by atoms with Crippen LogP contribution in [0.15, 0.2) is 77.7 Å². The molecule has 3 aromatic rings. The Bertz CT molecular complexity index is 1130. The number of hydrogen-bond donors (Lipinski definition) is 1. The molecule has 0 unspecified atom stereocenters. The summed E-state index contributed by atoms with van der Waals surface area (Å²) >= 11 is 0. The molecule has 1 amide bonds. The maximum Gasteiger partial charge on any atom is 0.264 e. The lowest BCUT2D eigenvalue weighted by atomic mass is 10.0. The van der Waals surface area contributed by atoms with Crippen LogP contribution in [0.2, 0.25) is 0 Å². The molecule has 0 aliphatic rings. The molecule has 0 bridgehead atoms. The Labute approximate surface area is 172 Å².